The molecule has 0 fully saturated rings. The summed E-state index contributed by atoms with van der Waals surface area (Å²) in [6.07, 6.45) is 6.87. The maximum atomic E-state index is 12.7. The van der Waals surface area contributed by atoms with Crippen molar-refractivity contribution in [1.82, 2.24) is 14.0 Å². The molecule has 0 bridgehead atoms. The van der Waals surface area contributed by atoms with Crippen LogP contribution in [-0.2, 0) is 5.91 Å². The van der Waals surface area contributed by atoms with E-state index in [1.807, 2.05) is 18.6 Å². The number of rotatable bonds is 12. The molecule has 6 aliphatic rings. The Morgan fingerprint density at radius 2 is 0.795 bits per heavy atom. The first kappa shape index (κ1) is 43.6. The highest BCUT2D eigenvalue weighted by Crippen LogP contribution is 2.56. The van der Waals surface area contributed by atoms with Crippen molar-refractivity contribution in [2.45, 2.75) is 12.0 Å². The SMILES string of the molecule is O=C(O)c1cc(C(=O)O)cc(C2=C3C=CC4C(c5cc(C(=O)O)cc(C(=O)O)c5)=c5ccc6n5C5(N34)n3c2ccc3C(c2cc(C(=O)O)cc(C(=O)O)c2)=C2C=CC(=[N+]25)C=6c2cc(C(=O)O)cc(C(=O)O)c2)c1. The third kappa shape index (κ3) is 5.79. The van der Waals surface area contributed by atoms with E-state index in [4.69, 9.17) is 0 Å². The Morgan fingerprint density at radius 1 is 0.411 bits per heavy atom. The minimum atomic E-state index is -1.75. The van der Waals surface area contributed by atoms with Crippen LogP contribution in [0.15, 0.2) is 133 Å². The second kappa shape index (κ2) is 14.7. The molecule has 12 rings (SSSR count). The standard InChI is InChI=1S/C53H28N4O16/c58-45(59)25-9-21(10-26(17-25)46(60)61)41-33-1-2-34-42(22-11-27(47(62)63)18-28(12-22)48(64)65)36-5-6-38-44(24-15-31(51(70)71)20-32(16-24)52(72)73)40-8-7-39-43(23-13-29(49(66)67)19-30(14-23)50(68)69)37-4-3-35(41)55(37)53(54(33)34,56(36)38)57(39)40/h1-20,33H,(H7-,58,59,60,61,62,63,64,65,66,67,68,69,70,71,72,73)/p+1. The maximum absolute atomic E-state index is 12.7. The number of aromatic nitrogens is 2. The van der Waals surface area contributed by atoms with Gasteiger partial charge in [0.25, 0.3) is 0 Å². The highest BCUT2D eigenvalue weighted by atomic mass is 16.4. The molecule has 0 saturated heterocycles. The van der Waals surface area contributed by atoms with Gasteiger partial charge < -0.3 is 40.9 Å². The average Bonchev–Trinajstić information content (AvgIpc) is 4.19. The zero-order valence-electron chi connectivity index (χ0n) is 36.8. The monoisotopic (exact) mass is 977 g/mol. The van der Waals surface area contributed by atoms with Gasteiger partial charge in [-0.15, -0.1) is 4.58 Å². The molecule has 2 atom stereocenters. The van der Waals surface area contributed by atoms with E-state index in [-0.39, 0.29) is 83.5 Å². The van der Waals surface area contributed by atoms with Gasteiger partial charge in [0.05, 0.1) is 89.5 Å². The Labute approximate surface area is 406 Å². The Kier molecular flexibility index (Phi) is 8.78. The first-order valence-corrected chi connectivity index (χ1v) is 21.8. The molecule has 73 heavy (non-hydrogen) atoms. The Bertz CT molecular complexity index is 4010. The first-order valence-electron chi connectivity index (χ1n) is 21.8. The van der Waals surface area contributed by atoms with Gasteiger partial charge in [0.1, 0.15) is 0 Å². The maximum Gasteiger partial charge on any atom is 0.426 e. The van der Waals surface area contributed by atoms with Gasteiger partial charge in [-0.25, -0.2) is 47.5 Å². The van der Waals surface area contributed by atoms with E-state index in [1.54, 1.807) is 48.6 Å². The van der Waals surface area contributed by atoms with E-state index >= 15 is 0 Å². The number of benzene rings is 4. The van der Waals surface area contributed by atoms with E-state index in [0.717, 1.165) is 24.3 Å². The number of hydrogen-bond acceptors (Lipinski definition) is 9. The highest BCUT2D eigenvalue weighted by molar-refractivity contribution is 6.28. The van der Waals surface area contributed by atoms with Gasteiger partial charge >= 0.3 is 53.7 Å². The van der Waals surface area contributed by atoms with Crippen LogP contribution in [0.4, 0.5) is 0 Å². The molecule has 0 amide bonds. The fraction of sp³-hybridized carbons (Fsp3) is 0.0377. The molecule has 8 heterocycles. The van der Waals surface area contributed by atoms with Crippen LogP contribution < -0.4 is 10.7 Å². The quantitative estimate of drug-likeness (QED) is 0.0796. The number of nitrogens with zero attached hydrogens (tertiary/aromatic N) is 4. The Balaban J connectivity index is 1.32. The fourth-order valence-electron chi connectivity index (χ4n) is 11.2. The minimum absolute atomic E-state index is 0.110. The van der Waals surface area contributed by atoms with Gasteiger partial charge in [0.2, 0.25) is 11.4 Å². The molecular formula is C53H29N4O16+. The van der Waals surface area contributed by atoms with Crippen LogP contribution in [0, 0.1) is 0 Å². The third-order valence-corrected chi connectivity index (χ3v) is 13.8. The predicted octanol–water partition coefficient (Wildman–Crippen LogP) is 4.23. The topological polar surface area (TPSA) is 315 Å². The largest absolute Gasteiger partial charge is 0.478 e. The number of carboxylic acids is 8. The number of carboxylic acid groups (broad SMARTS) is 8. The predicted molar refractivity (Wildman–Crippen MR) is 249 cm³/mol. The Morgan fingerprint density at radius 3 is 1.23 bits per heavy atom. The van der Waals surface area contributed by atoms with Crippen molar-refractivity contribution < 1.29 is 83.8 Å². The number of hydrogen-bond donors (Lipinski definition) is 8. The van der Waals surface area contributed by atoms with Crippen molar-refractivity contribution in [2.24, 2.45) is 0 Å². The summed E-state index contributed by atoms with van der Waals surface area (Å²) in [4.78, 5) is 103. The van der Waals surface area contributed by atoms with E-state index in [2.05, 4.69) is 0 Å². The number of allylic oxidation sites excluding steroid dienone is 3. The lowest BCUT2D eigenvalue weighted by atomic mass is 9.88. The van der Waals surface area contributed by atoms with Crippen LogP contribution in [0.2, 0.25) is 0 Å². The van der Waals surface area contributed by atoms with Gasteiger partial charge in [-0.05, 0) is 125 Å². The normalized spacial score (nSPS) is 18.0. The molecule has 8 N–H and O–H groups in total. The second-order valence-corrected chi connectivity index (χ2v) is 17.7. The summed E-state index contributed by atoms with van der Waals surface area (Å²) in [5.41, 5.74) is 0.285. The van der Waals surface area contributed by atoms with Crippen LogP contribution in [-0.4, -0.2) is 119 Å². The summed E-state index contributed by atoms with van der Waals surface area (Å²) in [6.45, 7) is 0. The lowest BCUT2D eigenvalue weighted by Crippen LogP contribution is -2.74. The molecule has 0 aliphatic carbocycles. The van der Waals surface area contributed by atoms with Crippen LogP contribution in [0.3, 0.4) is 0 Å². The molecule has 2 aromatic heterocycles. The average molecular weight is 978 g/mol. The summed E-state index contributed by atoms with van der Waals surface area (Å²) in [5, 5.41) is 83.3. The minimum Gasteiger partial charge on any atom is -0.478 e. The molecule has 6 aromatic rings. The highest BCUT2D eigenvalue weighted by Gasteiger charge is 2.69. The third-order valence-electron chi connectivity index (χ3n) is 13.8. The molecular weight excluding hydrogens is 949 g/mol. The van der Waals surface area contributed by atoms with E-state index in [1.165, 1.54) is 48.5 Å². The summed E-state index contributed by atoms with van der Waals surface area (Å²) >= 11 is 0. The summed E-state index contributed by atoms with van der Waals surface area (Å²) in [7, 11) is 0. The van der Waals surface area contributed by atoms with Crippen molar-refractivity contribution >= 4 is 75.8 Å². The molecule has 0 radical (unpaired) electrons. The molecule has 6 aliphatic heterocycles. The molecule has 1 spiro atoms. The van der Waals surface area contributed by atoms with Crippen molar-refractivity contribution in [1.29, 1.82) is 0 Å². The number of aromatic carboxylic acids is 8. The molecule has 20 heteroatoms. The molecule has 0 saturated carbocycles. The van der Waals surface area contributed by atoms with Crippen LogP contribution in [0.5, 0.6) is 0 Å². The van der Waals surface area contributed by atoms with E-state index in [9.17, 15) is 79.2 Å². The second-order valence-electron chi connectivity index (χ2n) is 17.7. The van der Waals surface area contributed by atoms with Crippen molar-refractivity contribution in [3.63, 3.8) is 0 Å². The van der Waals surface area contributed by atoms with Crippen LogP contribution in [0.25, 0.3) is 22.3 Å². The van der Waals surface area contributed by atoms with Gasteiger partial charge in [-0.3, -0.25) is 4.90 Å². The van der Waals surface area contributed by atoms with E-state index in [0.29, 0.717) is 44.8 Å². The zero-order chi connectivity index (χ0) is 51.4. The zero-order valence-corrected chi connectivity index (χ0v) is 36.8. The molecule has 4 aromatic carbocycles. The van der Waals surface area contributed by atoms with Crippen molar-refractivity contribution in [3.05, 3.63) is 222 Å². The van der Waals surface area contributed by atoms with Crippen LogP contribution >= 0.6 is 0 Å². The van der Waals surface area contributed by atoms with Crippen molar-refractivity contribution in [2.75, 3.05) is 0 Å². The Hall–Kier alpha value is -10.6. The van der Waals surface area contributed by atoms with Crippen molar-refractivity contribution in [3.8, 4) is 0 Å². The number of carbonyl (C=O) groups is 8. The molecule has 20 nitrogen and oxygen atoms in total. The molecule has 2 unspecified atom stereocenters. The molecule has 356 valence electrons. The van der Waals surface area contributed by atoms with E-state index < -0.39 is 59.7 Å². The summed E-state index contributed by atoms with van der Waals surface area (Å²) < 4.78 is 5.52. The lowest BCUT2D eigenvalue weighted by molar-refractivity contribution is -0.638. The van der Waals surface area contributed by atoms with Gasteiger partial charge in [-0.2, -0.15) is 0 Å². The van der Waals surface area contributed by atoms with Gasteiger partial charge in [0, 0.05) is 23.3 Å². The summed E-state index contributed by atoms with van der Waals surface area (Å²) in [5.74, 6) is -13.3. The summed E-state index contributed by atoms with van der Waals surface area (Å²) in [6, 6.07) is 20.2. The van der Waals surface area contributed by atoms with Gasteiger partial charge in [0.15, 0.2) is 0 Å². The smallest absolute Gasteiger partial charge is 0.426 e. The fourth-order valence-corrected chi connectivity index (χ4v) is 11.2. The van der Waals surface area contributed by atoms with Gasteiger partial charge in [-0.1, -0.05) is 6.08 Å². The first-order chi connectivity index (χ1) is 34.8. The van der Waals surface area contributed by atoms with Crippen LogP contribution in [0.1, 0.15) is 117 Å². The lowest BCUT2D eigenvalue weighted by Gasteiger charge is -2.53.